The molecule has 1 aliphatic carbocycles. The zero-order valence-electron chi connectivity index (χ0n) is 13.9. The Balaban J connectivity index is 1.62. The molecule has 4 heteroatoms. The Morgan fingerprint density at radius 3 is 2.71 bits per heavy atom. The smallest absolute Gasteiger partial charge is 0.224 e. The molecule has 0 radical (unpaired) electrons. The van der Waals surface area contributed by atoms with E-state index in [1.807, 2.05) is 44.2 Å². The first-order chi connectivity index (χ1) is 11.4. The molecule has 2 unspecified atom stereocenters. The van der Waals surface area contributed by atoms with Gasteiger partial charge in [-0.05, 0) is 61.9 Å². The van der Waals surface area contributed by atoms with Gasteiger partial charge in [0.1, 0.15) is 5.82 Å². The summed E-state index contributed by atoms with van der Waals surface area (Å²) in [5, 5.41) is 3.83. The molecule has 1 amide bonds. The lowest BCUT2D eigenvalue weighted by molar-refractivity contribution is -0.124. The lowest BCUT2D eigenvalue weighted by Gasteiger charge is -2.27. The van der Waals surface area contributed by atoms with Crippen LogP contribution in [0.4, 0.5) is 4.39 Å². The minimum Gasteiger partial charge on any atom is -0.351 e. The largest absolute Gasteiger partial charge is 0.351 e. The molecule has 2 nitrogen and oxygen atoms in total. The second-order valence-corrected chi connectivity index (χ2v) is 7.55. The van der Waals surface area contributed by atoms with Gasteiger partial charge in [0, 0.05) is 16.5 Å². The van der Waals surface area contributed by atoms with Gasteiger partial charge >= 0.3 is 0 Å². The van der Waals surface area contributed by atoms with E-state index in [-0.39, 0.29) is 23.6 Å². The number of carbonyl (C=O) groups excluding carboxylic acids is 1. The summed E-state index contributed by atoms with van der Waals surface area (Å²) in [4.78, 5) is 12.5. The summed E-state index contributed by atoms with van der Waals surface area (Å²) in [5.41, 5.74) is 1.53. The molecule has 1 N–H and O–H groups in total. The van der Waals surface area contributed by atoms with Crippen LogP contribution in [0.3, 0.4) is 0 Å². The first-order valence-corrected chi connectivity index (χ1v) is 8.54. The number of nitrogens with one attached hydrogen (secondary N) is 1. The SMILES string of the molecule is CC(C)(Cc1ccccc1Cl)NC(=O)C1CC1c1cccc(F)c1. The predicted molar refractivity (Wildman–Crippen MR) is 94.6 cm³/mol. The fourth-order valence-corrected chi connectivity index (χ4v) is 3.38. The molecule has 0 heterocycles. The molecule has 0 aromatic heterocycles. The van der Waals surface area contributed by atoms with Gasteiger partial charge in [0.05, 0.1) is 0 Å². The van der Waals surface area contributed by atoms with Crippen molar-refractivity contribution in [3.63, 3.8) is 0 Å². The molecule has 1 aliphatic rings. The van der Waals surface area contributed by atoms with Crippen LogP contribution in [0.25, 0.3) is 0 Å². The van der Waals surface area contributed by atoms with Crippen LogP contribution in [-0.4, -0.2) is 11.4 Å². The zero-order chi connectivity index (χ0) is 17.3. The molecule has 1 fully saturated rings. The Morgan fingerprint density at radius 2 is 2.00 bits per heavy atom. The summed E-state index contributed by atoms with van der Waals surface area (Å²) in [6, 6.07) is 14.2. The van der Waals surface area contributed by atoms with Crippen LogP contribution in [0, 0.1) is 11.7 Å². The number of hydrogen-bond acceptors (Lipinski definition) is 1. The van der Waals surface area contributed by atoms with Gasteiger partial charge in [-0.3, -0.25) is 4.79 Å². The van der Waals surface area contributed by atoms with Crippen molar-refractivity contribution in [3.05, 3.63) is 70.5 Å². The highest BCUT2D eigenvalue weighted by Gasteiger charge is 2.45. The summed E-state index contributed by atoms with van der Waals surface area (Å²) >= 11 is 6.21. The van der Waals surface area contributed by atoms with Crippen molar-refractivity contribution in [1.82, 2.24) is 5.32 Å². The fourth-order valence-electron chi connectivity index (χ4n) is 3.18. The van der Waals surface area contributed by atoms with Gasteiger partial charge in [-0.2, -0.15) is 0 Å². The summed E-state index contributed by atoms with van der Waals surface area (Å²) in [6.07, 6.45) is 1.44. The van der Waals surface area contributed by atoms with Crippen LogP contribution in [-0.2, 0) is 11.2 Å². The third-order valence-electron chi connectivity index (χ3n) is 4.46. The summed E-state index contributed by atoms with van der Waals surface area (Å²) < 4.78 is 13.3. The average molecular weight is 346 g/mol. The molecule has 0 aliphatic heterocycles. The highest BCUT2D eigenvalue weighted by molar-refractivity contribution is 6.31. The minimum atomic E-state index is -0.392. The lowest BCUT2D eigenvalue weighted by atomic mass is 9.94. The van der Waals surface area contributed by atoms with E-state index < -0.39 is 5.54 Å². The van der Waals surface area contributed by atoms with Crippen LogP contribution in [0.5, 0.6) is 0 Å². The van der Waals surface area contributed by atoms with Crippen molar-refractivity contribution in [2.75, 3.05) is 0 Å². The van der Waals surface area contributed by atoms with Gasteiger partial charge in [-0.15, -0.1) is 0 Å². The van der Waals surface area contributed by atoms with Crippen molar-refractivity contribution in [2.45, 2.75) is 38.1 Å². The highest BCUT2D eigenvalue weighted by Crippen LogP contribution is 2.47. The zero-order valence-corrected chi connectivity index (χ0v) is 14.6. The maximum Gasteiger partial charge on any atom is 0.224 e. The van der Waals surface area contributed by atoms with Crippen molar-refractivity contribution in [3.8, 4) is 0 Å². The number of hydrogen-bond donors (Lipinski definition) is 1. The second-order valence-electron chi connectivity index (χ2n) is 7.15. The Bertz CT molecular complexity index is 759. The maximum absolute atomic E-state index is 13.3. The van der Waals surface area contributed by atoms with Crippen LogP contribution in [0.2, 0.25) is 5.02 Å². The van der Waals surface area contributed by atoms with Crippen molar-refractivity contribution in [1.29, 1.82) is 0 Å². The third-order valence-corrected chi connectivity index (χ3v) is 4.82. The molecule has 0 bridgehead atoms. The van der Waals surface area contributed by atoms with E-state index in [0.29, 0.717) is 11.4 Å². The summed E-state index contributed by atoms with van der Waals surface area (Å²) in [6.45, 7) is 3.99. The lowest BCUT2D eigenvalue weighted by Crippen LogP contribution is -2.46. The first kappa shape index (κ1) is 17.0. The van der Waals surface area contributed by atoms with E-state index in [2.05, 4.69) is 5.32 Å². The number of benzene rings is 2. The van der Waals surface area contributed by atoms with Crippen LogP contribution >= 0.6 is 11.6 Å². The quantitative estimate of drug-likeness (QED) is 0.834. The van der Waals surface area contributed by atoms with Gasteiger partial charge in [0.2, 0.25) is 5.91 Å². The average Bonchev–Trinajstić information content (AvgIpc) is 3.30. The number of halogens is 2. The number of carbonyl (C=O) groups is 1. The van der Waals surface area contributed by atoms with Gasteiger partial charge < -0.3 is 5.32 Å². The monoisotopic (exact) mass is 345 g/mol. The van der Waals surface area contributed by atoms with E-state index in [1.54, 1.807) is 6.07 Å². The van der Waals surface area contributed by atoms with Gasteiger partial charge in [-0.25, -0.2) is 4.39 Å². The normalized spacial score (nSPS) is 19.8. The Hall–Kier alpha value is -1.87. The molecule has 0 saturated heterocycles. The Morgan fingerprint density at radius 1 is 1.25 bits per heavy atom. The number of rotatable bonds is 5. The second kappa shape index (κ2) is 6.56. The van der Waals surface area contributed by atoms with Gasteiger partial charge in [0.25, 0.3) is 0 Å². The molecular weight excluding hydrogens is 325 g/mol. The van der Waals surface area contributed by atoms with E-state index >= 15 is 0 Å². The molecule has 2 aromatic carbocycles. The summed E-state index contributed by atoms with van der Waals surface area (Å²) in [7, 11) is 0. The molecule has 126 valence electrons. The first-order valence-electron chi connectivity index (χ1n) is 8.17. The molecule has 2 atom stereocenters. The molecular formula is C20H21ClFNO. The topological polar surface area (TPSA) is 29.1 Å². The summed E-state index contributed by atoms with van der Waals surface area (Å²) in [5.74, 6) is -0.173. The molecule has 24 heavy (non-hydrogen) atoms. The van der Waals surface area contributed by atoms with Crippen molar-refractivity contribution >= 4 is 17.5 Å². The standard InChI is InChI=1S/C20H21ClFNO/c1-20(2,12-14-6-3-4-9-18(14)21)23-19(24)17-11-16(17)13-7-5-8-15(22)10-13/h3-10,16-17H,11-12H2,1-2H3,(H,23,24). The number of amides is 1. The van der Waals surface area contributed by atoms with Crippen molar-refractivity contribution in [2.24, 2.45) is 5.92 Å². The van der Waals surface area contributed by atoms with Gasteiger partial charge in [0.15, 0.2) is 0 Å². The maximum atomic E-state index is 13.3. The molecule has 0 spiro atoms. The van der Waals surface area contributed by atoms with E-state index in [1.165, 1.54) is 12.1 Å². The Kier molecular flexibility index (Phi) is 4.64. The highest BCUT2D eigenvalue weighted by atomic mass is 35.5. The minimum absolute atomic E-state index is 0.0290. The van der Waals surface area contributed by atoms with Crippen LogP contribution in [0.15, 0.2) is 48.5 Å². The molecule has 3 rings (SSSR count). The third kappa shape index (κ3) is 3.96. The molecule has 2 aromatic rings. The van der Waals surface area contributed by atoms with E-state index in [0.717, 1.165) is 17.5 Å². The van der Waals surface area contributed by atoms with Crippen LogP contribution in [0.1, 0.15) is 37.3 Å². The Labute approximate surface area is 147 Å². The fraction of sp³-hybridized carbons (Fsp3) is 0.350. The molecule has 1 saturated carbocycles. The van der Waals surface area contributed by atoms with Crippen LogP contribution < -0.4 is 5.32 Å². The van der Waals surface area contributed by atoms with E-state index in [9.17, 15) is 9.18 Å². The van der Waals surface area contributed by atoms with Gasteiger partial charge in [-0.1, -0.05) is 41.9 Å². The van der Waals surface area contributed by atoms with E-state index in [4.69, 9.17) is 11.6 Å². The van der Waals surface area contributed by atoms with Crippen molar-refractivity contribution < 1.29 is 9.18 Å². The predicted octanol–water partition coefficient (Wildman–Crippen LogP) is 4.72.